The number of methoxy groups -OCH3 is 4. The van der Waals surface area contributed by atoms with Crippen LogP contribution in [0.5, 0.6) is 23.0 Å². The molecule has 2 heterocycles. The van der Waals surface area contributed by atoms with Crippen molar-refractivity contribution in [3.63, 3.8) is 0 Å². The van der Waals surface area contributed by atoms with Gasteiger partial charge in [-0.3, -0.25) is 0 Å². The summed E-state index contributed by atoms with van der Waals surface area (Å²) in [6, 6.07) is 6.87. The third-order valence-corrected chi connectivity index (χ3v) is 5.27. The summed E-state index contributed by atoms with van der Waals surface area (Å²) < 4.78 is 31.0. The molecular weight excluding hydrogens is 428 g/mol. The average molecular weight is 461 g/mol. The summed E-state index contributed by atoms with van der Waals surface area (Å²) in [5.74, 6) is 1.98. The molecule has 0 radical (unpaired) electrons. The second kappa shape index (κ2) is 10.9. The Balaban J connectivity index is 0.000000227. The molecule has 0 saturated carbocycles. The molecule has 2 aromatic carbocycles. The fourth-order valence-electron chi connectivity index (χ4n) is 3.78. The van der Waals surface area contributed by atoms with E-state index in [4.69, 9.17) is 23.7 Å². The lowest BCUT2D eigenvalue weighted by atomic mass is 10.0. The maximum Gasteiger partial charge on any atom is 0.338 e. The maximum atomic E-state index is 11.6. The van der Waals surface area contributed by atoms with E-state index < -0.39 is 0 Å². The predicted octanol–water partition coefficient (Wildman–Crippen LogP) is 4.25. The molecule has 2 aliphatic rings. The van der Waals surface area contributed by atoms with Crippen LogP contribution in [0.25, 0.3) is 0 Å². The van der Waals surface area contributed by atoms with E-state index in [9.17, 15) is 9.59 Å². The number of carbonyl (C=O) groups excluding carboxylic acids is 2. The predicted molar refractivity (Wildman–Crippen MR) is 123 cm³/mol. The number of carbonyl (C=O) groups is 2. The van der Waals surface area contributed by atoms with Crippen molar-refractivity contribution in [3.8, 4) is 23.0 Å². The fourth-order valence-corrected chi connectivity index (χ4v) is 3.78. The lowest BCUT2D eigenvalue weighted by Crippen LogP contribution is -2.07. The zero-order valence-corrected chi connectivity index (χ0v) is 19.1. The second-order valence-electron chi connectivity index (χ2n) is 7.56. The summed E-state index contributed by atoms with van der Waals surface area (Å²) >= 11 is 0. The molecule has 2 atom stereocenters. The monoisotopic (exact) mass is 460 g/mol. The summed E-state index contributed by atoms with van der Waals surface area (Å²) in [5.41, 5.74) is 2.90. The minimum atomic E-state index is -0.385. The first-order valence-corrected chi connectivity index (χ1v) is 10.2. The van der Waals surface area contributed by atoms with Gasteiger partial charge in [0.05, 0.1) is 39.6 Å². The van der Waals surface area contributed by atoms with Crippen LogP contribution in [0, 0.1) is 0 Å². The van der Waals surface area contributed by atoms with Crippen LogP contribution in [0.15, 0.2) is 24.3 Å². The highest BCUT2D eigenvalue weighted by Gasteiger charge is 2.27. The molecule has 0 amide bonds. The molecule has 33 heavy (non-hydrogen) atoms. The first-order chi connectivity index (χ1) is 15.3. The molecular formula is C25H32O8. The molecule has 0 fully saturated rings. The van der Waals surface area contributed by atoms with Gasteiger partial charge in [-0.2, -0.15) is 0 Å². The van der Waals surface area contributed by atoms with E-state index >= 15 is 0 Å². The number of ether oxygens (including phenoxy) is 6. The molecule has 0 aromatic heterocycles. The summed E-state index contributed by atoms with van der Waals surface area (Å²) in [4.78, 5) is 23.0. The highest BCUT2D eigenvalue weighted by molar-refractivity contribution is 5.93. The Morgan fingerprint density at radius 3 is 1.91 bits per heavy atom. The molecule has 0 bridgehead atoms. The van der Waals surface area contributed by atoms with Crippen molar-refractivity contribution >= 4 is 11.9 Å². The lowest BCUT2D eigenvalue weighted by Gasteiger charge is -2.08. The van der Waals surface area contributed by atoms with E-state index in [-0.39, 0.29) is 31.6 Å². The van der Waals surface area contributed by atoms with Crippen molar-refractivity contribution in [2.24, 2.45) is 0 Å². The number of hydrogen-bond donors (Lipinski definition) is 0. The Morgan fingerprint density at radius 2 is 1.36 bits per heavy atom. The lowest BCUT2D eigenvalue weighted by molar-refractivity contribution is 0.0590. The first kappa shape index (κ1) is 25.8. The van der Waals surface area contributed by atoms with E-state index in [1.807, 2.05) is 13.8 Å². The van der Waals surface area contributed by atoms with Crippen LogP contribution in [0.3, 0.4) is 0 Å². The quantitative estimate of drug-likeness (QED) is 0.626. The summed E-state index contributed by atoms with van der Waals surface area (Å²) in [5, 5.41) is 0. The van der Waals surface area contributed by atoms with Gasteiger partial charge in [0.25, 0.3) is 0 Å². The van der Waals surface area contributed by atoms with Gasteiger partial charge in [-0.1, -0.05) is 7.43 Å². The van der Waals surface area contributed by atoms with Crippen LogP contribution in [-0.2, 0) is 22.3 Å². The van der Waals surface area contributed by atoms with Crippen molar-refractivity contribution in [3.05, 3.63) is 46.5 Å². The topological polar surface area (TPSA) is 89.5 Å². The van der Waals surface area contributed by atoms with Gasteiger partial charge >= 0.3 is 11.9 Å². The van der Waals surface area contributed by atoms with Crippen LogP contribution in [0.4, 0.5) is 0 Å². The third-order valence-electron chi connectivity index (χ3n) is 5.27. The summed E-state index contributed by atoms with van der Waals surface area (Å²) in [7, 11) is 5.86. The Hall–Kier alpha value is -3.42. The zero-order chi connectivity index (χ0) is 23.4. The van der Waals surface area contributed by atoms with E-state index in [1.54, 1.807) is 38.5 Å². The first-order valence-electron chi connectivity index (χ1n) is 10.2. The molecule has 2 aromatic rings. The second-order valence-corrected chi connectivity index (χ2v) is 7.56. The van der Waals surface area contributed by atoms with E-state index in [0.717, 1.165) is 24.0 Å². The molecule has 0 saturated heterocycles. The Labute approximate surface area is 194 Å². The third kappa shape index (κ3) is 5.50. The van der Waals surface area contributed by atoms with Gasteiger partial charge in [0, 0.05) is 30.0 Å². The van der Waals surface area contributed by atoms with Crippen LogP contribution < -0.4 is 18.9 Å². The highest BCUT2D eigenvalue weighted by Crippen LogP contribution is 2.37. The molecule has 8 nitrogen and oxygen atoms in total. The smallest absolute Gasteiger partial charge is 0.338 e. The molecule has 2 unspecified atom stereocenters. The fraction of sp³-hybridized carbons (Fsp3) is 0.440. The van der Waals surface area contributed by atoms with Crippen molar-refractivity contribution < 1.29 is 38.0 Å². The molecule has 0 aliphatic carbocycles. The number of esters is 2. The van der Waals surface area contributed by atoms with Crippen molar-refractivity contribution in [1.29, 1.82) is 0 Å². The maximum absolute atomic E-state index is 11.6. The minimum absolute atomic E-state index is 0. The summed E-state index contributed by atoms with van der Waals surface area (Å²) in [6.07, 6.45) is 1.74. The van der Waals surface area contributed by atoms with Gasteiger partial charge in [0.2, 0.25) is 0 Å². The number of hydrogen-bond acceptors (Lipinski definition) is 8. The number of fused-ring (bicyclic) bond motifs is 2. The Kier molecular flexibility index (Phi) is 8.56. The average Bonchev–Trinajstić information content (AvgIpc) is 3.37. The van der Waals surface area contributed by atoms with Gasteiger partial charge in [0.1, 0.15) is 35.2 Å². The van der Waals surface area contributed by atoms with E-state index in [0.29, 0.717) is 34.1 Å². The van der Waals surface area contributed by atoms with E-state index in [1.165, 1.54) is 14.2 Å². The van der Waals surface area contributed by atoms with Crippen LogP contribution in [-0.4, -0.2) is 52.6 Å². The van der Waals surface area contributed by atoms with Crippen LogP contribution >= 0.6 is 0 Å². The molecule has 180 valence electrons. The van der Waals surface area contributed by atoms with Gasteiger partial charge < -0.3 is 28.4 Å². The Bertz CT molecular complexity index is 1010. The van der Waals surface area contributed by atoms with Crippen LogP contribution in [0.1, 0.15) is 53.1 Å². The van der Waals surface area contributed by atoms with Crippen molar-refractivity contribution in [2.45, 2.75) is 46.3 Å². The van der Waals surface area contributed by atoms with Gasteiger partial charge in [-0.15, -0.1) is 0 Å². The summed E-state index contributed by atoms with van der Waals surface area (Å²) in [6.45, 7) is 3.95. The highest BCUT2D eigenvalue weighted by atomic mass is 16.5. The van der Waals surface area contributed by atoms with Gasteiger partial charge in [-0.25, -0.2) is 9.59 Å². The minimum Gasteiger partial charge on any atom is -0.497 e. The van der Waals surface area contributed by atoms with Crippen molar-refractivity contribution in [2.75, 3.05) is 28.4 Å². The normalized spacial score (nSPS) is 17.0. The number of benzene rings is 2. The van der Waals surface area contributed by atoms with E-state index in [2.05, 4.69) is 4.74 Å². The van der Waals surface area contributed by atoms with Gasteiger partial charge in [-0.05, 0) is 32.0 Å². The Morgan fingerprint density at radius 1 is 0.788 bits per heavy atom. The molecule has 2 aliphatic heterocycles. The molecule has 8 heteroatoms. The molecule has 0 spiro atoms. The SMILES string of the molecule is C.COC(=O)c1cc(OC)c2c(c1)OC(C)C2.COC(=O)c1cc(OC)cc2c1CC(C)O2. The van der Waals surface area contributed by atoms with Gasteiger partial charge in [0.15, 0.2) is 0 Å². The van der Waals surface area contributed by atoms with Crippen LogP contribution in [0.2, 0.25) is 0 Å². The van der Waals surface area contributed by atoms with Crippen molar-refractivity contribution in [1.82, 2.24) is 0 Å². The largest absolute Gasteiger partial charge is 0.497 e. The molecule has 4 rings (SSSR count). The number of rotatable bonds is 4. The standard InChI is InChI=1S/2C12H14O4.CH4/c1-7-4-9-10(12(13)15-3)5-8(14-2)6-11(9)16-7;1-7-4-9-10(14-2)5-8(12(13)15-3)6-11(9)16-7;/h2*5-7H,4H2,1-3H3;1H4. The zero-order valence-electron chi connectivity index (χ0n) is 19.1. The molecule has 0 N–H and O–H groups in total.